The smallest absolute Gasteiger partial charge is 0.346 e. The van der Waals surface area contributed by atoms with Gasteiger partial charge in [0, 0.05) is 40.3 Å². The molecular formula is C31H24FNO4. The third-order valence-electron chi connectivity index (χ3n) is 7.22. The van der Waals surface area contributed by atoms with Crippen LogP contribution in [0.5, 0.6) is 5.75 Å². The quantitative estimate of drug-likeness (QED) is 0.359. The highest BCUT2D eigenvalue weighted by Crippen LogP contribution is 2.51. The lowest BCUT2D eigenvalue weighted by molar-refractivity contribution is -0.118. The van der Waals surface area contributed by atoms with Crippen LogP contribution in [0.1, 0.15) is 64.4 Å². The molecule has 6 rings (SSSR count). The van der Waals surface area contributed by atoms with Crippen molar-refractivity contribution in [3.8, 4) is 5.75 Å². The van der Waals surface area contributed by atoms with E-state index in [1.807, 2.05) is 24.3 Å². The van der Waals surface area contributed by atoms with Crippen LogP contribution in [-0.4, -0.2) is 17.5 Å². The molecule has 0 aromatic heterocycles. The minimum absolute atomic E-state index is 0.00666. The van der Waals surface area contributed by atoms with Gasteiger partial charge in [-0.2, -0.15) is 0 Å². The molecule has 37 heavy (non-hydrogen) atoms. The number of Topliss-reactive ketones (excluding diaryl/α,β-unsaturated/α-hetero) is 2. The van der Waals surface area contributed by atoms with E-state index in [1.54, 1.807) is 30.3 Å². The number of ketones is 2. The maximum atomic E-state index is 14.1. The van der Waals surface area contributed by atoms with Gasteiger partial charge in [-0.1, -0.05) is 62.4 Å². The van der Waals surface area contributed by atoms with E-state index < -0.39 is 17.7 Å². The number of fused-ring (bicyclic) bond motifs is 2. The number of ether oxygens (including phenoxy) is 1. The molecule has 5 nitrogen and oxygen atoms in total. The van der Waals surface area contributed by atoms with E-state index in [-0.39, 0.29) is 28.3 Å². The van der Waals surface area contributed by atoms with E-state index >= 15 is 0 Å². The number of carbonyl (C=O) groups is 3. The van der Waals surface area contributed by atoms with Crippen molar-refractivity contribution >= 4 is 23.2 Å². The molecule has 6 heteroatoms. The van der Waals surface area contributed by atoms with Crippen LogP contribution < -0.4 is 10.1 Å². The van der Waals surface area contributed by atoms with Gasteiger partial charge in [-0.3, -0.25) is 9.59 Å². The summed E-state index contributed by atoms with van der Waals surface area (Å²) in [4.78, 5) is 39.8. The molecule has 0 unspecified atom stereocenters. The number of benzene rings is 3. The SMILES string of the molecule is CC1(C)CC(=O)C2=C(C1)NC1=C(C(=O)c3ccccc31)[C@H]2c1cccc(OC(=O)c2ccccc2F)c1. The molecule has 0 radical (unpaired) electrons. The standard InChI is InChI=1S/C31H24FNO4/c1-31(2)15-23-26(24(34)16-31)25(27-28(33-23)19-10-3-4-11-20(19)29(27)35)17-8-7-9-18(14-17)37-30(36)21-12-5-6-13-22(21)32/h3-14,25,33H,15-16H2,1-2H3/t25-/m0/s1. The molecular weight excluding hydrogens is 469 g/mol. The average molecular weight is 494 g/mol. The summed E-state index contributed by atoms with van der Waals surface area (Å²) in [6, 6.07) is 19.9. The summed E-state index contributed by atoms with van der Waals surface area (Å²) < 4.78 is 19.6. The molecule has 1 aliphatic heterocycles. The molecule has 2 aliphatic carbocycles. The first-order chi connectivity index (χ1) is 17.7. The van der Waals surface area contributed by atoms with Crippen LogP contribution in [0.2, 0.25) is 0 Å². The molecule has 0 saturated heterocycles. The number of rotatable bonds is 3. The monoisotopic (exact) mass is 493 g/mol. The highest BCUT2D eigenvalue weighted by Gasteiger charge is 2.46. The number of hydrogen-bond donors (Lipinski definition) is 1. The number of hydrogen-bond acceptors (Lipinski definition) is 5. The van der Waals surface area contributed by atoms with Gasteiger partial charge in [-0.05, 0) is 41.7 Å². The van der Waals surface area contributed by atoms with Gasteiger partial charge in [0.05, 0.1) is 11.3 Å². The second-order valence-electron chi connectivity index (χ2n) is 10.5. The predicted molar refractivity (Wildman–Crippen MR) is 136 cm³/mol. The lowest BCUT2D eigenvalue weighted by atomic mass is 9.68. The minimum atomic E-state index is -0.819. The summed E-state index contributed by atoms with van der Waals surface area (Å²) in [5, 5.41) is 3.45. The average Bonchev–Trinajstić information content (AvgIpc) is 3.14. The van der Waals surface area contributed by atoms with Gasteiger partial charge in [-0.25, -0.2) is 9.18 Å². The number of dihydropyridines is 1. The Bertz CT molecular complexity index is 1580. The van der Waals surface area contributed by atoms with Crippen LogP contribution in [0.25, 0.3) is 5.70 Å². The van der Waals surface area contributed by atoms with Crippen LogP contribution in [0.3, 0.4) is 0 Å². The Kier molecular flexibility index (Phi) is 5.23. The van der Waals surface area contributed by atoms with Crippen LogP contribution in [0, 0.1) is 11.2 Å². The molecule has 3 aliphatic rings. The largest absolute Gasteiger partial charge is 0.423 e. The summed E-state index contributed by atoms with van der Waals surface area (Å²) in [5.74, 6) is -2.02. The number of allylic oxidation sites excluding steroid dienone is 3. The van der Waals surface area contributed by atoms with Crippen LogP contribution >= 0.6 is 0 Å². The molecule has 3 aromatic rings. The first kappa shape index (κ1) is 23.1. The molecule has 1 atom stereocenters. The number of nitrogens with one attached hydrogen (secondary N) is 1. The van der Waals surface area contributed by atoms with E-state index in [0.29, 0.717) is 35.1 Å². The summed E-state index contributed by atoms with van der Waals surface area (Å²) in [6.45, 7) is 4.12. The van der Waals surface area contributed by atoms with E-state index in [1.165, 1.54) is 18.2 Å². The Morgan fingerprint density at radius 1 is 0.919 bits per heavy atom. The third-order valence-corrected chi connectivity index (χ3v) is 7.22. The fourth-order valence-corrected chi connectivity index (χ4v) is 5.67. The second-order valence-corrected chi connectivity index (χ2v) is 10.5. The number of halogens is 1. The van der Waals surface area contributed by atoms with Crippen molar-refractivity contribution in [2.45, 2.75) is 32.6 Å². The van der Waals surface area contributed by atoms with E-state index in [0.717, 1.165) is 17.0 Å². The van der Waals surface area contributed by atoms with Gasteiger partial charge in [-0.15, -0.1) is 0 Å². The zero-order chi connectivity index (χ0) is 25.9. The van der Waals surface area contributed by atoms with Crippen molar-refractivity contribution in [2.24, 2.45) is 5.41 Å². The zero-order valence-corrected chi connectivity index (χ0v) is 20.4. The molecule has 0 saturated carbocycles. The molecule has 1 N–H and O–H groups in total. The fourth-order valence-electron chi connectivity index (χ4n) is 5.67. The van der Waals surface area contributed by atoms with Gasteiger partial charge in [0.15, 0.2) is 11.6 Å². The van der Waals surface area contributed by atoms with E-state index in [2.05, 4.69) is 19.2 Å². The Labute approximate surface area is 213 Å². The normalized spacial score (nSPS) is 19.7. The van der Waals surface area contributed by atoms with E-state index in [4.69, 9.17) is 4.74 Å². The van der Waals surface area contributed by atoms with E-state index in [9.17, 15) is 18.8 Å². The Morgan fingerprint density at radius 2 is 1.65 bits per heavy atom. The summed E-state index contributed by atoms with van der Waals surface area (Å²) in [5.41, 5.74) is 4.33. The second kappa shape index (κ2) is 8.37. The lowest BCUT2D eigenvalue weighted by Crippen LogP contribution is -2.37. The zero-order valence-electron chi connectivity index (χ0n) is 20.4. The first-order valence-electron chi connectivity index (χ1n) is 12.2. The van der Waals surface area contributed by atoms with Gasteiger partial charge < -0.3 is 10.1 Å². The van der Waals surface area contributed by atoms with Crippen LogP contribution in [0.15, 0.2) is 89.6 Å². The van der Waals surface area contributed by atoms with Crippen molar-refractivity contribution in [1.82, 2.24) is 5.32 Å². The Balaban J connectivity index is 1.46. The maximum Gasteiger partial charge on any atom is 0.346 e. The van der Waals surface area contributed by atoms with Crippen molar-refractivity contribution in [2.75, 3.05) is 0 Å². The van der Waals surface area contributed by atoms with Crippen molar-refractivity contribution in [1.29, 1.82) is 0 Å². The number of carbonyl (C=O) groups excluding carboxylic acids is 3. The Morgan fingerprint density at radius 3 is 2.43 bits per heavy atom. The maximum absolute atomic E-state index is 14.1. The van der Waals surface area contributed by atoms with Crippen molar-refractivity contribution < 1.29 is 23.5 Å². The molecule has 0 bridgehead atoms. The van der Waals surface area contributed by atoms with Crippen molar-refractivity contribution in [3.63, 3.8) is 0 Å². The molecule has 184 valence electrons. The van der Waals surface area contributed by atoms with Gasteiger partial charge in [0.25, 0.3) is 0 Å². The van der Waals surface area contributed by atoms with Gasteiger partial charge in [0.1, 0.15) is 11.6 Å². The summed E-state index contributed by atoms with van der Waals surface area (Å²) >= 11 is 0. The molecule has 3 aromatic carbocycles. The Hall–Kier alpha value is -4.32. The highest BCUT2D eigenvalue weighted by atomic mass is 19.1. The molecule has 0 amide bonds. The fraction of sp³-hybridized carbons (Fsp3) is 0.194. The number of esters is 1. The van der Waals surface area contributed by atoms with Crippen LogP contribution in [0.4, 0.5) is 4.39 Å². The van der Waals surface area contributed by atoms with Gasteiger partial charge in [0.2, 0.25) is 0 Å². The predicted octanol–water partition coefficient (Wildman–Crippen LogP) is 5.98. The molecule has 0 fully saturated rings. The minimum Gasteiger partial charge on any atom is -0.423 e. The lowest BCUT2D eigenvalue weighted by Gasteiger charge is -2.39. The summed E-state index contributed by atoms with van der Waals surface area (Å²) in [7, 11) is 0. The molecule has 1 heterocycles. The third kappa shape index (κ3) is 3.80. The first-order valence-corrected chi connectivity index (χ1v) is 12.2. The summed E-state index contributed by atoms with van der Waals surface area (Å²) in [6.07, 6.45) is 1.04. The topological polar surface area (TPSA) is 72.5 Å². The van der Waals surface area contributed by atoms with Crippen molar-refractivity contribution in [3.05, 3.63) is 118 Å². The van der Waals surface area contributed by atoms with Gasteiger partial charge >= 0.3 is 5.97 Å². The highest BCUT2D eigenvalue weighted by molar-refractivity contribution is 6.23. The molecule has 0 spiro atoms. The van der Waals surface area contributed by atoms with Crippen LogP contribution in [-0.2, 0) is 4.79 Å².